The van der Waals surface area contributed by atoms with Crippen LogP contribution in [-0.4, -0.2) is 32.9 Å². The zero-order valence-corrected chi connectivity index (χ0v) is 14.3. The lowest BCUT2D eigenvalue weighted by atomic mass is 10.0. The molecule has 6 heteroatoms. The van der Waals surface area contributed by atoms with Crippen LogP contribution in [0.2, 0.25) is 0 Å². The minimum atomic E-state index is 0.124. The molecule has 4 nitrogen and oxygen atoms in total. The molecule has 0 saturated heterocycles. The van der Waals surface area contributed by atoms with E-state index in [-0.39, 0.29) is 5.91 Å². The quantitative estimate of drug-likeness (QED) is 0.667. The SMILES string of the molecule is CCc1nc(SCC(=O)NC2CC2)c2c(n1)SC(C)C2C. The van der Waals surface area contributed by atoms with Crippen LogP contribution in [0.1, 0.15) is 50.9 Å². The van der Waals surface area contributed by atoms with Gasteiger partial charge in [-0.15, -0.1) is 11.8 Å². The maximum Gasteiger partial charge on any atom is 0.230 e. The molecule has 2 atom stereocenters. The molecular weight excluding hydrogens is 302 g/mol. The van der Waals surface area contributed by atoms with Crippen LogP contribution in [-0.2, 0) is 11.2 Å². The lowest BCUT2D eigenvalue weighted by Crippen LogP contribution is -2.27. The van der Waals surface area contributed by atoms with Crippen molar-refractivity contribution in [3.8, 4) is 0 Å². The lowest BCUT2D eigenvalue weighted by molar-refractivity contribution is -0.118. The molecule has 0 spiro atoms. The minimum absolute atomic E-state index is 0.124. The fourth-order valence-electron chi connectivity index (χ4n) is 2.36. The van der Waals surface area contributed by atoms with E-state index in [2.05, 4.69) is 36.1 Å². The van der Waals surface area contributed by atoms with E-state index in [0.717, 1.165) is 35.1 Å². The second-order valence-corrected chi connectivity index (χ2v) is 8.09. The van der Waals surface area contributed by atoms with E-state index in [1.807, 2.05) is 11.8 Å². The number of hydrogen-bond donors (Lipinski definition) is 1. The summed E-state index contributed by atoms with van der Waals surface area (Å²) >= 11 is 3.40. The maximum atomic E-state index is 11.9. The molecule has 1 amide bonds. The molecule has 1 fully saturated rings. The van der Waals surface area contributed by atoms with Gasteiger partial charge in [-0.2, -0.15) is 0 Å². The molecule has 1 aliphatic heterocycles. The van der Waals surface area contributed by atoms with Gasteiger partial charge in [0.15, 0.2) is 0 Å². The number of carbonyl (C=O) groups is 1. The third-order valence-corrected chi connectivity index (χ3v) is 6.28. The summed E-state index contributed by atoms with van der Waals surface area (Å²) in [5.41, 5.74) is 1.24. The number of fused-ring (bicyclic) bond motifs is 1. The van der Waals surface area contributed by atoms with Crippen molar-refractivity contribution in [1.29, 1.82) is 0 Å². The van der Waals surface area contributed by atoms with Crippen LogP contribution in [0.15, 0.2) is 10.1 Å². The van der Waals surface area contributed by atoms with Crippen molar-refractivity contribution in [2.75, 3.05) is 5.75 Å². The standard InChI is InChI=1S/C15H21N3OS2/c1-4-11-17-14(20-7-12(19)16-10-5-6-10)13-8(2)9(3)21-15(13)18-11/h8-10H,4-7H2,1-3H3,(H,16,19). The highest BCUT2D eigenvalue weighted by molar-refractivity contribution is 8.01. The Morgan fingerprint density at radius 2 is 2.14 bits per heavy atom. The first-order chi connectivity index (χ1) is 10.1. The molecule has 2 heterocycles. The van der Waals surface area contributed by atoms with E-state index in [0.29, 0.717) is 23.0 Å². The third-order valence-electron chi connectivity index (χ3n) is 3.98. The molecule has 21 heavy (non-hydrogen) atoms. The first-order valence-electron chi connectivity index (χ1n) is 7.58. The topological polar surface area (TPSA) is 54.9 Å². The molecule has 0 radical (unpaired) electrons. The molecule has 1 saturated carbocycles. The van der Waals surface area contributed by atoms with Gasteiger partial charge in [0.2, 0.25) is 5.91 Å². The Morgan fingerprint density at radius 1 is 1.38 bits per heavy atom. The van der Waals surface area contributed by atoms with Gasteiger partial charge in [0.1, 0.15) is 15.9 Å². The average molecular weight is 323 g/mol. The lowest BCUT2D eigenvalue weighted by Gasteiger charge is -2.12. The molecule has 2 unspecified atom stereocenters. The van der Waals surface area contributed by atoms with E-state index in [1.54, 1.807) is 11.8 Å². The van der Waals surface area contributed by atoms with Gasteiger partial charge < -0.3 is 5.32 Å². The molecule has 0 aromatic carbocycles. The second kappa shape index (κ2) is 6.16. The highest BCUT2D eigenvalue weighted by Gasteiger charge is 2.32. The van der Waals surface area contributed by atoms with Gasteiger partial charge in [-0.3, -0.25) is 4.79 Å². The number of hydrogen-bond acceptors (Lipinski definition) is 5. The summed E-state index contributed by atoms with van der Waals surface area (Å²) in [7, 11) is 0. The number of nitrogens with one attached hydrogen (secondary N) is 1. The van der Waals surface area contributed by atoms with Crippen molar-refractivity contribution < 1.29 is 4.79 Å². The highest BCUT2D eigenvalue weighted by Crippen LogP contribution is 2.47. The van der Waals surface area contributed by atoms with Crippen LogP contribution in [0.5, 0.6) is 0 Å². The van der Waals surface area contributed by atoms with Crippen LogP contribution >= 0.6 is 23.5 Å². The predicted octanol–water partition coefficient (Wildman–Crippen LogP) is 3.01. The first kappa shape index (κ1) is 15.2. The van der Waals surface area contributed by atoms with E-state index in [1.165, 1.54) is 5.56 Å². The van der Waals surface area contributed by atoms with Crippen molar-refractivity contribution in [2.45, 2.75) is 67.3 Å². The van der Waals surface area contributed by atoms with Crippen LogP contribution in [0.4, 0.5) is 0 Å². The van der Waals surface area contributed by atoms with Gasteiger partial charge in [-0.05, 0) is 18.8 Å². The number of thioether (sulfide) groups is 2. The molecule has 0 bridgehead atoms. The summed E-state index contributed by atoms with van der Waals surface area (Å²) in [5, 5.41) is 5.68. The van der Waals surface area contributed by atoms with Gasteiger partial charge in [-0.25, -0.2) is 9.97 Å². The number of carbonyl (C=O) groups excluding carboxylic acids is 1. The Labute approximate surface area is 134 Å². The van der Waals surface area contributed by atoms with Crippen molar-refractivity contribution in [1.82, 2.24) is 15.3 Å². The summed E-state index contributed by atoms with van der Waals surface area (Å²) in [6.45, 7) is 6.53. The van der Waals surface area contributed by atoms with Gasteiger partial charge in [0.05, 0.1) is 5.75 Å². The second-order valence-electron chi connectivity index (χ2n) is 5.76. The zero-order valence-electron chi connectivity index (χ0n) is 12.7. The fourth-order valence-corrected chi connectivity index (χ4v) is 4.65. The Kier molecular flexibility index (Phi) is 4.45. The molecular formula is C15H21N3OS2. The third kappa shape index (κ3) is 3.37. The van der Waals surface area contributed by atoms with Gasteiger partial charge in [0, 0.05) is 23.3 Å². The van der Waals surface area contributed by atoms with Gasteiger partial charge in [0.25, 0.3) is 0 Å². The molecule has 2 aliphatic rings. The van der Waals surface area contributed by atoms with Crippen molar-refractivity contribution in [3.63, 3.8) is 0 Å². The smallest absolute Gasteiger partial charge is 0.230 e. The average Bonchev–Trinajstić information content (AvgIpc) is 3.22. The fraction of sp³-hybridized carbons (Fsp3) is 0.667. The van der Waals surface area contributed by atoms with Crippen molar-refractivity contribution in [2.24, 2.45) is 0 Å². The summed E-state index contributed by atoms with van der Waals surface area (Å²) < 4.78 is 0. The molecule has 1 aliphatic carbocycles. The van der Waals surface area contributed by atoms with Crippen LogP contribution in [0, 0.1) is 0 Å². The van der Waals surface area contributed by atoms with Gasteiger partial charge in [-0.1, -0.05) is 32.5 Å². The monoisotopic (exact) mass is 323 g/mol. The Balaban J connectivity index is 1.76. The van der Waals surface area contributed by atoms with Crippen LogP contribution in [0.25, 0.3) is 0 Å². The Morgan fingerprint density at radius 3 is 2.81 bits per heavy atom. The summed E-state index contributed by atoms with van der Waals surface area (Å²) in [4.78, 5) is 21.2. The summed E-state index contributed by atoms with van der Waals surface area (Å²) in [6.07, 6.45) is 3.09. The molecule has 1 N–H and O–H groups in total. The largest absolute Gasteiger partial charge is 0.353 e. The maximum absolute atomic E-state index is 11.9. The van der Waals surface area contributed by atoms with Crippen LogP contribution < -0.4 is 5.32 Å². The number of nitrogens with zero attached hydrogens (tertiary/aromatic N) is 2. The molecule has 1 aromatic rings. The highest BCUT2D eigenvalue weighted by atomic mass is 32.2. The van der Waals surface area contributed by atoms with Gasteiger partial charge >= 0.3 is 0 Å². The van der Waals surface area contributed by atoms with E-state index >= 15 is 0 Å². The summed E-state index contributed by atoms with van der Waals surface area (Å²) in [5.74, 6) is 1.91. The van der Waals surface area contributed by atoms with E-state index in [9.17, 15) is 4.79 Å². The number of rotatable bonds is 5. The number of aromatic nitrogens is 2. The number of amides is 1. The van der Waals surface area contributed by atoms with E-state index < -0.39 is 0 Å². The Bertz CT molecular complexity index is 560. The van der Waals surface area contributed by atoms with Crippen LogP contribution in [0.3, 0.4) is 0 Å². The molecule has 114 valence electrons. The minimum Gasteiger partial charge on any atom is -0.353 e. The normalized spacial score (nSPS) is 24.0. The first-order valence-corrected chi connectivity index (χ1v) is 9.44. The van der Waals surface area contributed by atoms with Crippen molar-refractivity contribution in [3.05, 3.63) is 11.4 Å². The molecule has 3 rings (SSSR count). The molecule has 1 aromatic heterocycles. The number of aryl methyl sites for hydroxylation is 1. The van der Waals surface area contributed by atoms with Crippen molar-refractivity contribution >= 4 is 29.4 Å². The van der Waals surface area contributed by atoms with E-state index in [4.69, 9.17) is 0 Å². The predicted molar refractivity (Wildman–Crippen MR) is 87.0 cm³/mol. The Hall–Kier alpha value is -0.750. The summed E-state index contributed by atoms with van der Waals surface area (Å²) in [6, 6.07) is 0.426. The zero-order chi connectivity index (χ0) is 15.0.